The summed E-state index contributed by atoms with van der Waals surface area (Å²) in [5.74, 6) is -0.714. The highest BCUT2D eigenvalue weighted by atomic mass is 16.4. The van der Waals surface area contributed by atoms with Crippen LogP contribution in [0.5, 0.6) is 0 Å². The molecule has 2 aromatic rings. The lowest BCUT2D eigenvalue weighted by Gasteiger charge is -2.00. The molecule has 1 atom stereocenters. The molecule has 2 rings (SSSR count). The van der Waals surface area contributed by atoms with Gasteiger partial charge in [0.25, 0.3) is 0 Å². The van der Waals surface area contributed by atoms with Gasteiger partial charge in [0.15, 0.2) is 11.5 Å². The fourth-order valence-electron chi connectivity index (χ4n) is 1.48. The summed E-state index contributed by atoms with van der Waals surface area (Å²) in [4.78, 5) is 15.0. The molecule has 0 aromatic carbocycles. The molecule has 0 fully saturated rings. The molecule has 84 valence electrons. The molecule has 0 saturated carbocycles. The Morgan fingerprint density at radius 1 is 1.56 bits per heavy atom. The van der Waals surface area contributed by atoms with E-state index in [1.165, 1.54) is 0 Å². The normalized spacial score (nSPS) is 12.9. The van der Waals surface area contributed by atoms with Gasteiger partial charge in [-0.25, -0.2) is 9.50 Å². The van der Waals surface area contributed by atoms with E-state index < -0.39 is 11.9 Å². The quantitative estimate of drug-likeness (QED) is 0.844. The van der Waals surface area contributed by atoms with Crippen molar-refractivity contribution in [2.45, 2.75) is 20.3 Å². The first kappa shape index (κ1) is 10.6. The highest BCUT2D eigenvalue weighted by Gasteiger charge is 2.14. The van der Waals surface area contributed by atoms with Gasteiger partial charge in [-0.1, -0.05) is 13.0 Å². The topological polar surface area (TPSA) is 67.5 Å². The number of hydrogen-bond acceptors (Lipinski definition) is 3. The van der Waals surface area contributed by atoms with E-state index in [1.54, 1.807) is 11.4 Å². The zero-order valence-electron chi connectivity index (χ0n) is 9.21. The summed E-state index contributed by atoms with van der Waals surface area (Å²) in [5.41, 5.74) is 1.84. The van der Waals surface area contributed by atoms with Gasteiger partial charge in [0.1, 0.15) is 0 Å². The van der Waals surface area contributed by atoms with Gasteiger partial charge in [-0.15, -0.1) is 0 Å². The maximum absolute atomic E-state index is 10.7. The molecule has 0 saturated heterocycles. The predicted octanol–water partition coefficient (Wildman–Crippen LogP) is 1.30. The number of pyridine rings is 1. The molecule has 0 aliphatic rings. The first-order valence-electron chi connectivity index (χ1n) is 5.11. The van der Waals surface area contributed by atoms with Gasteiger partial charge in [-0.2, -0.15) is 5.10 Å². The van der Waals surface area contributed by atoms with E-state index in [1.807, 2.05) is 25.3 Å². The molecule has 5 nitrogen and oxygen atoms in total. The summed E-state index contributed by atoms with van der Waals surface area (Å²) in [7, 11) is 0. The molecule has 0 spiro atoms. The van der Waals surface area contributed by atoms with Crippen molar-refractivity contribution in [1.82, 2.24) is 14.6 Å². The number of fused-ring (bicyclic) bond motifs is 1. The number of rotatable bonds is 3. The molecule has 2 heterocycles. The van der Waals surface area contributed by atoms with Crippen LogP contribution in [-0.2, 0) is 11.2 Å². The monoisotopic (exact) mass is 219 g/mol. The lowest BCUT2D eigenvalue weighted by atomic mass is 10.1. The fourth-order valence-corrected chi connectivity index (χ4v) is 1.48. The Morgan fingerprint density at radius 3 is 3.00 bits per heavy atom. The van der Waals surface area contributed by atoms with Gasteiger partial charge in [0.2, 0.25) is 0 Å². The molecular weight excluding hydrogens is 206 g/mol. The Balaban J connectivity index is 2.29. The van der Waals surface area contributed by atoms with Crippen LogP contribution < -0.4 is 0 Å². The van der Waals surface area contributed by atoms with Crippen LogP contribution in [0.15, 0.2) is 18.3 Å². The van der Waals surface area contributed by atoms with E-state index >= 15 is 0 Å². The Kier molecular flexibility index (Phi) is 2.60. The molecule has 0 bridgehead atoms. The van der Waals surface area contributed by atoms with Gasteiger partial charge < -0.3 is 5.11 Å². The van der Waals surface area contributed by atoms with Crippen molar-refractivity contribution in [2.75, 3.05) is 0 Å². The van der Waals surface area contributed by atoms with E-state index in [4.69, 9.17) is 5.11 Å². The fraction of sp³-hybridized carbons (Fsp3) is 0.364. The Labute approximate surface area is 92.7 Å². The number of carboxylic acids is 1. The third kappa shape index (κ3) is 2.03. The summed E-state index contributed by atoms with van der Waals surface area (Å²) >= 11 is 0. The number of nitrogens with zero attached hydrogens (tertiary/aromatic N) is 3. The first-order chi connectivity index (χ1) is 7.56. The van der Waals surface area contributed by atoms with Crippen LogP contribution in [-0.4, -0.2) is 25.7 Å². The van der Waals surface area contributed by atoms with Crippen LogP contribution in [0.4, 0.5) is 0 Å². The maximum Gasteiger partial charge on any atom is 0.306 e. The zero-order valence-corrected chi connectivity index (χ0v) is 9.21. The molecule has 1 N–H and O–H groups in total. The molecule has 2 aromatic heterocycles. The van der Waals surface area contributed by atoms with Crippen molar-refractivity contribution in [3.05, 3.63) is 29.7 Å². The van der Waals surface area contributed by atoms with Gasteiger partial charge in [-0.3, -0.25) is 4.79 Å². The van der Waals surface area contributed by atoms with Crippen LogP contribution >= 0.6 is 0 Å². The Hall–Kier alpha value is -1.91. The summed E-state index contributed by atoms with van der Waals surface area (Å²) in [6.45, 7) is 3.62. The molecule has 0 aliphatic heterocycles. The van der Waals surface area contributed by atoms with Crippen molar-refractivity contribution >= 4 is 11.6 Å². The molecule has 16 heavy (non-hydrogen) atoms. The minimum absolute atomic E-state index is 0.357. The Morgan fingerprint density at radius 2 is 2.31 bits per heavy atom. The molecule has 0 aliphatic carbocycles. The highest BCUT2D eigenvalue weighted by molar-refractivity contribution is 5.69. The standard InChI is InChI=1S/C11H13N3O2/c1-7-3-4-10-12-9(13-14(10)6-7)5-8(2)11(15)16/h3-4,6,8H,5H2,1-2H3,(H,15,16). The van der Waals surface area contributed by atoms with E-state index in [0.717, 1.165) is 11.2 Å². The lowest BCUT2D eigenvalue weighted by molar-refractivity contribution is -0.141. The minimum Gasteiger partial charge on any atom is -0.481 e. The summed E-state index contributed by atoms with van der Waals surface area (Å²) in [5, 5.41) is 13.0. The van der Waals surface area contributed by atoms with Crippen molar-refractivity contribution in [3.8, 4) is 0 Å². The van der Waals surface area contributed by atoms with Crippen LogP contribution in [0.1, 0.15) is 18.3 Å². The van der Waals surface area contributed by atoms with Gasteiger partial charge in [0.05, 0.1) is 5.92 Å². The molecule has 1 unspecified atom stereocenters. The van der Waals surface area contributed by atoms with Crippen LogP contribution in [0, 0.1) is 12.8 Å². The summed E-state index contributed by atoms with van der Waals surface area (Å²) < 4.78 is 1.68. The minimum atomic E-state index is -0.824. The number of carboxylic acid groups (broad SMARTS) is 1. The zero-order chi connectivity index (χ0) is 11.7. The third-order valence-electron chi connectivity index (χ3n) is 2.43. The first-order valence-corrected chi connectivity index (χ1v) is 5.11. The number of aliphatic carboxylic acids is 1. The van der Waals surface area contributed by atoms with Crippen molar-refractivity contribution in [3.63, 3.8) is 0 Å². The van der Waals surface area contributed by atoms with Gasteiger partial charge in [0, 0.05) is 12.6 Å². The van der Waals surface area contributed by atoms with E-state index in [2.05, 4.69) is 10.1 Å². The third-order valence-corrected chi connectivity index (χ3v) is 2.43. The van der Waals surface area contributed by atoms with E-state index in [0.29, 0.717) is 12.2 Å². The SMILES string of the molecule is Cc1ccc2nc(CC(C)C(=O)O)nn2c1. The summed E-state index contributed by atoms with van der Waals surface area (Å²) in [6, 6.07) is 3.83. The molecular formula is C11H13N3O2. The number of aromatic nitrogens is 3. The lowest BCUT2D eigenvalue weighted by Crippen LogP contribution is -2.13. The molecule has 5 heteroatoms. The van der Waals surface area contributed by atoms with Gasteiger partial charge >= 0.3 is 5.97 Å². The van der Waals surface area contributed by atoms with E-state index in [-0.39, 0.29) is 0 Å². The van der Waals surface area contributed by atoms with Crippen LogP contribution in [0.2, 0.25) is 0 Å². The smallest absolute Gasteiger partial charge is 0.306 e. The average molecular weight is 219 g/mol. The van der Waals surface area contributed by atoms with Crippen molar-refractivity contribution in [1.29, 1.82) is 0 Å². The Bertz CT molecular complexity index is 533. The van der Waals surface area contributed by atoms with Crippen LogP contribution in [0.25, 0.3) is 5.65 Å². The number of hydrogen-bond donors (Lipinski definition) is 1. The van der Waals surface area contributed by atoms with Crippen LogP contribution in [0.3, 0.4) is 0 Å². The average Bonchev–Trinajstić information content (AvgIpc) is 2.58. The maximum atomic E-state index is 10.7. The predicted molar refractivity (Wildman–Crippen MR) is 58.2 cm³/mol. The van der Waals surface area contributed by atoms with Gasteiger partial charge in [-0.05, 0) is 18.6 Å². The van der Waals surface area contributed by atoms with Crippen molar-refractivity contribution < 1.29 is 9.90 Å². The summed E-state index contributed by atoms with van der Waals surface area (Å²) in [6.07, 6.45) is 2.23. The second-order valence-corrected chi connectivity index (χ2v) is 3.98. The number of aryl methyl sites for hydroxylation is 1. The highest BCUT2D eigenvalue weighted by Crippen LogP contribution is 2.08. The largest absolute Gasteiger partial charge is 0.481 e. The second-order valence-electron chi connectivity index (χ2n) is 3.98. The second kappa shape index (κ2) is 3.92. The van der Waals surface area contributed by atoms with E-state index in [9.17, 15) is 4.79 Å². The number of carbonyl (C=O) groups is 1. The van der Waals surface area contributed by atoms with Crippen molar-refractivity contribution in [2.24, 2.45) is 5.92 Å². The molecule has 0 amide bonds. The molecule has 0 radical (unpaired) electrons.